The summed E-state index contributed by atoms with van der Waals surface area (Å²) in [5.74, 6) is 1.39. The second kappa shape index (κ2) is 20.0. The molecule has 1 N–H and O–H groups in total. The van der Waals surface area contributed by atoms with Crippen molar-refractivity contribution in [2.24, 2.45) is 5.92 Å². The number of carbonyl (C=O) groups excluding carboxylic acids is 2. The van der Waals surface area contributed by atoms with Crippen molar-refractivity contribution < 1.29 is 23.5 Å². The summed E-state index contributed by atoms with van der Waals surface area (Å²) in [5.41, 5.74) is 4.15. The van der Waals surface area contributed by atoms with Gasteiger partial charge in [-0.3, -0.25) is 9.69 Å². The zero-order valence-corrected chi connectivity index (χ0v) is 32.5. The van der Waals surface area contributed by atoms with Gasteiger partial charge in [0.25, 0.3) is 0 Å². The van der Waals surface area contributed by atoms with Crippen molar-refractivity contribution >= 4 is 35.4 Å². The number of hydrogen-bond acceptors (Lipinski definition) is 7. The Bertz CT molecular complexity index is 1800. The van der Waals surface area contributed by atoms with Gasteiger partial charge in [-0.1, -0.05) is 85.3 Å². The average Bonchev–Trinajstić information content (AvgIpc) is 3.20. The number of likely N-dealkylation sites (tertiary alicyclic amines) is 1. The number of hydrogen-bond donors (Lipinski definition) is 1. The SMILES string of the molecule is CCSc1cc(F)ccc1CN1CCN(C(=O)[C@H](NC(=O)OCc2ccccc2)C2CCN(CCc3cc(Cl)ccc3OCc3ccccc3)CC2)CC1. The van der Waals surface area contributed by atoms with Crippen molar-refractivity contribution in [1.29, 1.82) is 0 Å². The highest BCUT2D eigenvalue weighted by molar-refractivity contribution is 7.99. The van der Waals surface area contributed by atoms with Gasteiger partial charge in [0, 0.05) is 49.2 Å². The third-order valence-electron chi connectivity index (χ3n) is 10.2. The summed E-state index contributed by atoms with van der Waals surface area (Å²) in [6.45, 7) is 8.33. The molecule has 0 aliphatic carbocycles. The second-order valence-electron chi connectivity index (χ2n) is 13.9. The van der Waals surface area contributed by atoms with Gasteiger partial charge in [-0.2, -0.15) is 0 Å². The average molecular weight is 773 g/mol. The Labute approximate surface area is 327 Å². The number of nitrogens with zero attached hydrogens (tertiary/aromatic N) is 3. The summed E-state index contributed by atoms with van der Waals surface area (Å²) in [7, 11) is 0. The normalized spacial score (nSPS) is 16.2. The molecule has 1 atom stereocenters. The molecule has 2 aliphatic heterocycles. The third-order valence-corrected chi connectivity index (χ3v) is 11.4. The molecule has 0 unspecified atom stereocenters. The van der Waals surface area contributed by atoms with Crippen LogP contribution in [0.3, 0.4) is 0 Å². The molecule has 11 heteroatoms. The molecule has 4 aromatic carbocycles. The Hall–Kier alpha value is -4.09. The van der Waals surface area contributed by atoms with Crippen LogP contribution in [0.2, 0.25) is 5.02 Å². The molecule has 2 amide bonds. The monoisotopic (exact) mass is 772 g/mol. The molecule has 54 heavy (non-hydrogen) atoms. The van der Waals surface area contributed by atoms with E-state index >= 15 is 0 Å². The number of piperazine rings is 1. The van der Waals surface area contributed by atoms with E-state index in [1.807, 2.05) is 89.8 Å². The van der Waals surface area contributed by atoms with Crippen molar-refractivity contribution in [2.75, 3.05) is 51.6 Å². The molecule has 6 rings (SSSR count). The van der Waals surface area contributed by atoms with E-state index in [0.29, 0.717) is 44.4 Å². The van der Waals surface area contributed by atoms with Gasteiger partial charge in [-0.25, -0.2) is 9.18 Å². The first-order valence-electron chi connectivity index (χ1n) is 18.9. The van der Waals surface area contributed by atoms with Crippen LogP contribution in [0.1, 0.15) is 42.0 Å². The standard InChI is InChI=1S/C43H50ClFN4O4S/c1-2-54-40-28-38(45)15-13-36(40)29-48-23-25-49(26-24-48)42(50)41(46-43(51)53-31-33-11-7-4-8-12-33)34-17-20-47(21-18-34)22-19-35-27-37(44)14-16-39(35)52-30-32-9-5-3-6-10-32/h3-16,27-28,34,41H,2,17-26,29-31H2,1H3,(H,46,51)/t41-/m1/s1. The smallest absolute Gasteiger partial charge is 0.408 e. The molecular formula is C43H50ClFN4O4S. The highest BCUT2D eigenvalue weighted by atomic mass is 35.5. The van der Waals surface area contributed by atoms with Crippen molar-refractivity contribution in [3.05, 3.63) is 130 Å². The molecule has 0 radical (unpaired) electrons. The minimum atomic E-state index is -0.683. The lowest BCUT2D eigenvalue weighted by atomic mass is 9.88. The molecule has 0 aromatic heterocycles. The van der Waals surface area contributed by atoms with Crippen LogP contribution in [0.25, 0.3) is 0 Å². The largest absolute Gasteiger partial charge is 0.489 e. The summed E-state index contributed by atoms with van der Waals surface area (Å²) < 4.78 is 25.8. The molecule has 4 aromatic rings. The molecule has 0 saturated carbocycles. The lowest BCUT2D eigenvalue weighted by Crippen LogP contribution is -2.58. The lowest BCUT2D eigenvalue weighted by molar-refractivity contribution is -0.137. The van der Waals surface area contributed by atoms with E-state index < -0.39 is 12.1 Å². The van der Waals surface area contributed by atoms with Crippen molar-refractivity contribution in [3.63, 3.8) is 0 Å². The van der Waals surface area contributed by atoms with Crippen molar-refractivity contribution in [1.82, 2.24) is 20.0 Å². The van der Waals surface area contributed by atoms with Gasteiger partial charge in [0.15, 0.2) is 0 Å². The molecular weight excluding hydrogens is 723 g/mol. The molecule has 286 valence electrons. The highest BCUT2D eigenvalue weighted by Gasteiger charge is 2.36. The number of nitrogens with one attached hydrogen (secondary N) is 1. The van der Waals surface area contributed by atoms with E-state index in [9.17, 15) is 14.0 Å². The summed E-state index contributed by atoms with van der Waals surface area (Å²) in [5, 5.41) is 3.67. The van der Waals surface area contributed by atoms with Crippen LogP contribution < -0.4 is 10.1 Å². The first-order valence-corrected chi connectivity index (χ1v) is 20.3. The Kier molecular flexibility index (Phi) is 14.7. The zero-order chi connectivity index (χ0) is 37.7. The van der Waals surface area contributed by atoms with Crippen LogP contribution in [-0.4, -0.2) is 84.3 Å². The third kappa shape index (κ3) is 11.5. The van der Waals surface area contributed by atoms with Crippen LogP contribution in [0.4, 0.5) is 9.18 Å². The summed E-state index contributed by atoms with van der Waals surface area (Å²) in [6, 6.07) is 29.7. The van der Waals surface area contributed by atoms with Gasteiger partial charge >= 0.3 is 6.09 Å². The first-order chi connectivity index (χ1) is 26.3. The highest BCUT2D eigenvalue weighted by Crippen LogP contribution is 2.28. The van der Waals surface area contributed by atoms with Crippen LogP contribution in [0.5, 0.6) is 5.75 Å². The van der Waals surface area contributed by atoms with Gasteiger partial charge in [0.05, 0.1) is 0 Å². The quantitative estimate of drug-likeness (QED) is 0.123. The second-order valence-corrected chi connectivity index (χ2v) is 15.7. The number of benzene rings is 4. The van der Waals surface area contributed by atoms with E-state index in [2.05, 4.69) is 22.0 Å². The van der Waals surface area contributed by atoms with Crippen LogP contribution >= 0.6 is 23.4 Å². The van der Waals surface area contributed by atoms with Crippen LogP contribution in [-0.2, 0) is 35.7 Å². The number of amides is 2. The maximum atomic E-state index is 14.2. The maximum Gasteiger partial charge on any atom is 0.408 e. The van der Waals surface area contributed by atoms with Crippen LogP contribution in [0, 0.1) is 11.7 Å². The molecule has 2 heterocycles. The van der Waals surface area contributed by atoms with Gasteiger partial charge in [-0.05, 0) is 96.6 Å². The van der Waals surface area contributed by atoms with E-state index in [4.69, 9.17) is 21.1 Å². The fourth-order valence-corrected chi connectivity index (χ4v) is 8.21. The number of halogens is 2. The van der Waals surface area contributed by atoms with Crippen molar-refractivity contribution in [2.45, 2.75) is 56.9 Å². The summed E-state index contributed by atoms with van der Waals surface area (Å²) in [6.07, 6.45) is 1.73. The summed E-state index contributed by atoms with van der Waals surface area (Å²) in [4.78, 5) is 35.0. The molecule has 8 nitrogen and oxygen atoms in total. The number of alkyl carbamates (subject to hydrolysis) is 1. The zero-order valence-electron chi connectivity index (χ0n) is 30.9. The van der Waals surface area contributed by atoms with E-state index in [-0.39, 0.29) is 24.2 Å². The number of rotatable bonds is 15. The van der Waals surface area contributed by atoms with Gasteiger partial charge < -0.3 is 24.6 Å². The first kappa shape index (κ1) is 39.6. The van der Waals surface area contributed by atoms with Gasteiger partial charge in [0.2, 0.25) is 5.91 Å². The maximum absolute atomic E-state index is 14.2. The lowest BCUT2D eigenvalue weighted by Gasteiger charge is -2.40. The Morgan fingerprint density at radius 2 is 1.52 bits per heavy atom. The van der Waals surface area contributed by atoms with Crippen LogP contribution in [0.15, 0.2) is 102 Å². The van der Waals surface area contributed by atoms with E-state index in [1.165, 1.54) is 6.07 Å². The minimum absolute atomic E-state index is 0.0279. The van der Waals surface area contributed by atoms with Gasteiger partial charge in [-0.15, -0.1) is 11.8 Å². The molecule has 2 aliphatic rings. The molecule has 0 bridgehead atoms. The minimum Gasteiger partial charge on any atom is -0.489 e. The fourth-order valence-electron chi connectivity index (χ4n) is 7.19. The van der Waals surface area contributed by atoms with Gasteiger partial charge in [0.1, 0.15) is 30.8 Å². The summed E-state index contributed by atoms with van der Waals surface area (Å²) >= 11 is 8.05. The van der Waals surface area contributed by atoms with E-state index in [1.54, 1.807) is 17.8 Å². The Morgan fingerprint density at radius 1 is 0.833 bits per heavy atom. The predicted molar refractivity (Wildman–Crippen MR) is 213 cm³/mol. The number of carbonyl (C=O) groups is 2. The Balaban J connectivity index is 1.05. The topological polar surface area (TPSA) is 74.3 Å². The fraction of sp³-hybridized carbons (Fsp3) is 0.395. The number of piperidine rings is 1. The Morgan fingerprint density at radius 3 is 2.20 bits per heavy atom. The molecule has 2 fully saturated rings. The molecule has 2 saturated heterocycles. The van der Waals surface area contributed by atoms with Crippen molar-refractivity contribution in [3.8, 4) is 5.75 Å². The van der Waals surface area contributed by atoms with E-state index in [0.717, 1.165) is 77.5 Å². The predicted octanol–water partition coefficient (Wildman–Crippen LogP) is 8.06. The number of thioether (sulfide) groups is 1. The molecule has 0 spiro atoms. The number of ether oxygens (including phenoxy) is 2.